The predicted octanol–water partition coefficient (Wildman–Crippen LogP) is 2.68. The van der Waals surface area contributed by atoms with E-state index in [1.165, 1.54) is 0 Å². The quantitative estimate of drug-likeness (QED) is 0.920. The second-order valence-electron chi connectivity index (χ2n) is 3.94. The number of methoxy groups -OCH3 is 1. The molecule has 0 spiro atoms. The summed E-state index contributed by atoms with van der Waals surface area (Å²) in [6.07, 6.45) is 5.58. The van der Waals surface area contributed by atoms with E-state index >= 15 is 0 Å². The molecule has 0 fully saturated rings. The van der Waals surface area contributed by atoms with Crippen LogP contribution in [-0.4, -0.2) is 22.6 Å². The number of carbonyl (C=O) groups is 1. The number of anilines is 1. The van der Waals surface area contributed by atoms with Crippen LogP contribution in [-0.2, 0) is 11.3 Å². The van der Waals surface area contributed by atoms with Crippen molar-refractivity contribution in [2.75, 3.05) is 12.4 Å². The molecule has 2 aromatic rings. The summed E-state index contributed by atoms with van der Waals surface area (Å²) in [5.41, 5.74) is 0.660. The maximum Gasteiger partial charge on any atom is 0.226 e. The lowest BCUT2D eigenvalue weighted by Crippen LogP contribution is -2.14. The summed E-state index contributed by atoms with van der Waals surface area (Å²) in [6.45, 7) is 0.599. The molecule has 19 heavy (non-hydrogen) atoms. The van der Waals surface area contributed by atoms with Crippen LogP contribution >= 0.6 is 15.9 Å². The van der Waals surface area contributed by atoms with E-state index in [1.54, 1.807) is 25.7 Å². The Balaban J connectivity index is 1.96. The minimum atomic E-state index is -0.0647. The molecule has 2 rings (SSSR count). The van der Waals surface area contributed by atoms with Crippen molar-refractivity contribution in [3.05, 3.63) is 41.4 Å². The molecule has 1 heterocycles. The smallest absolute Gasteiger partial charge is 0.226 e. The van der Waals surface area contributed by atoms with Gasteiger partial charge in [-0.25, -0.2) is 4.98 Å². The van der Waals surface area contributed by atoms with E-state index in [0.717, 1.165) is 4.47 Å². The maximum atomic E-state index is 11.9. The summed E-state index contributed by atoms with van der Waals surface area (Å²) < 4.78 is 7.95. The van der Waals surface area contributed by atoms with Gasteiger partial charge in [0.15, 0.2) is 0 Å². The molecule has 1 aromatic carbocycles. The third-order valence-electron chi connectivity index (χ3n) is 2.59. The van der Waals surface area contributed by atoms with Crippen LogP contribution in [0.3, 0.4) is 0 Å². The molecule has 1 N–H and O–H groups in total. The molecule has 0 aliphatic carbocycles. The number of halogens is 1. The Bertz CT molecular complexity index is 555. The highest BCUT2D eigenvalue weighted by molar-refractivity contribution is 9.10. The first-order valence-electron chi connectivity index (χ1n) is 5.78. The van der Waals surface area contributed by atoms with Crippen LogP contribution in [0.1, 0.15) is 6.42 Å². The van der Waals surface area contributed by atoms with Crippen LogP contribution in [0, 0.1) is 0 Å². The summed E-state index contributed by atoms with van der Waals surface area (Å²) in [5.74, 6) is 0.573. The minimum absolute atomic E-state index is 0.0647. The molecule has 5 nitrogen and oxygen atoms in total. The first-order valence-corrected chi connectivity index (χ1v) is 6.57. The molecule has 0 radical (unpaired) electrons. The zero-order chi connectivity index (χ0) is 13.7. The van der Waals surface area contributed by atoms with Crippen LogP contribution in [0.2, 0.25) is 0 Å². The molecule has 0 saturated carbocycles. The van der Waals surface area contributed by atoms with Crippen molar-refractivity contribution in [1.29, 1.82) is 0 Å². The van der Waals surface area contributed by atoms with Gasteiger partial charge in [0.25, 0.3) is 0 Å². The van der Waals surface area contributed by atoms with Gasteiger partial charge in [-0.2, -0.15) is 0 Å². The average Bonchev–Trinajstić information content (AvgIpc) is 2.90. The van der Waals surface area contributed by atoms with Crippen molar-refractivity contribution in [3.63, 3.8) is 0 Å². The summed E-state index contributed by atoms with van der Waals surface area (Å²) in [4.78, 5) is 15.8. The van der Waals surface area contributed by atoms with E-state index < -0.39 is 0 Å². The van der Waals surface area contributed by atoms with Crippen LogP contribution < -0.4 is 10.1 Å². The Labute approximate surface area is 119 Å². The number of aromatic nitrogens is 2. The maximum absolute atomic E-state index is 11.9. The molecule has 0 saturated heterocycles. The van der Waals surface area contributed by atoms with Crippen LogP contribution in [0.25, 0.3) is 0 Å². The fourth-order valence-corrected chi connectivity index (χ4v) is 2.00. The molecular formula is C13H14BrN3O2. The molecule has 1 aromatic heterocycles. The lowest BCUT2D eigenvalue weighted by atomic mass is 10.2. The Hall–Kier alpha value is -1.82. The van der Waals surface area contributed by atoms with Gasteiger partial charge in [-0.1, -0.05) is 15.9 Å². The van der Waals surface area contributed by atoms with Crippen molar-refractivity contribution >= 4 is 27.5 Å². The number of hydrogen-bond donors (Lipinski definition) is 1. The Morgan fingerprint density at radius 3 is 3.05 bits per heavy atom. The van der Waals surface area contributed by atoms with Gasteiger partial charge in [0.05, 0.1) is 19.1 Å². The third kappa shape index (κ3) is 3.82. The largest absolute Gasteiger partial charge is 0.495 e. The van der Waals surface area contributed by atoms with Gasteiger partial charge >= 0.3 is 0 Å². The Kier molecular flexibility index (Phi) is 4.57. The summed E-state index contributed by atoms with van der Waals surface area (Å²) in [7, 11) is 1.57. The zero-order valence-electron chi connectivity index (χ0n) is 10.5. The predicted molar refractivity (Wildman–Crippen MR) is 76.2 cm³/mol. The second kappa shape index (κ2) is 6.38. The summed E-state index contributed by atoms with van der Waals surface area (Å²) in [5, 5.41) is 2.84. The van der Waals surface area contributed by atoms with Crippen molar-refractivity contribution in [1.82, 2.24) is 9.55 Å². The highest BCUT2D eigenvalue weighted by atomic mass is 79.9. The molecule has 0 bridgehead atoms. The van der Waals surface area contributed by atoms with Gasteiger partial charge < -0.3 is 14.6 Å². The Morgan fingerprint density at radius 2 is 2.37 bits per heavy atom. The number of carbonyl (C=O) groups excluding carboxylic acids is 1. The molecule has 0 aliphatic rings. The molecule has 0 aliphatic heterocycles. The fraction of sp³-hybridized carbons (Fsp3) is 0.231. The van der Waals surface area contributed by atoms with Crippen molar-refractivity contribution in [3.8, 4) is 5.75 Å². The highest BCUT2D eigenvalue weighted by Gasteiger charge is 2.08. The number of benzene rings is 1. The number of nitrogens with zero attached hydrogens (tertiary/aromatic N) is 2. The first-order chi connectivity index (χ1) is 9.19. The lowest BCUT2D eigenvalue weighted by Gasteiger charge is -2.10. The minimum Gasteiger partial charge on any atom is -0.495 e. The van der Waals surface area contributed by atoms with Gasteiger partial charge in [0.1, 0.15) is 5.75 Å². The number of aryl methyl sites for hydroxylation is 1. The van der Waals surface area contributed by atoms with Gasteiger partial charge in [0.2, 0.25) is 5.91 Å². The normalized spacial score (nSPS) is 10.2. The average molecular weight is 324 g/mol. The van der Waals surface area contributed by atoms with E-state index in [2.05, 4.69) is 26.2 Å². The molecule has 1 amide bonds. The fourth-order valence-electron chi connectivity index (χ4n) is 1.64. The number of imidazole rings is 1. The second-order valence-corrected chi connectivity index (χ2v) is 4.86. The van der Waals surface area contributed by atoms with Crippen molar-refractivity contribution < 1.29 is 9.53 Å². The molecular weight excluding hydrogens is 310 g/mol. The van der Waals surface area contributed by atoms with E-state index in [9.17, 15) is 4.79 Å². The standard InChI is InChI=1S/C13H14BrN3O2/c1-19-12-3-2-10(14)8-11(12)16-13(18)4-6-17-7-5-15-9-17/h2-3,5,7-9H,4,6H2,1H3,(H,16,18). The molecule has 0 unspecified atom stereocenters. The van der Waals surface area contributed by atoms with E-state index in [-0.39, 0.29) is 5.91 Å². The topological polar surface area (TPSA) is 56.1 Å². The zero-order valence-corrected chi connectivity index (χ0v) is 12.1. The lowest BCUT2D eigenvalue weighted by molar-refractivity contribution is -0.116. The molecule has 6 heteroatoms. The van der Waals surface area contributed by atoms with Gasteiger partial charge in [-0.15, -0.1) is 0 Å². The molecule has 0 atom stereocenters. The number of amides is 1. The summed E-state index contributed by atoms with van der Waals surface area (Å²) in [6, 6.07) is 5.48. The SMILES string of the molecule is COc1ccc(Br)cc1NC(=O)CCn1ccnc1. The van der Waals surface area contributed by atoms with Gasteiger partial charge in [0, 0.05) is 29.8 Å². The first kappa shape index (κ1) is 13.6. The van der Waals surface area contributed by atoms with Gasteiger partial charge in [-0.05, 0) is 18.2 Å². The van der Waals surface area contributed by atoms with Crippen LogP contribution in [0.5, 0.6) is 5.75 Å². The van der Waals surface area contributed by atoms with Crippen molar-refractivity contribution in [2.24, 2.45) is 0 Å². The van der Waals surface area contributed by atoms with Crippen molar-refractivity contribution in [2.45, 2.75) is 13.0 Å². The highest BCUT2D eigenvalue weighted by Crippen LogP contribution is 2.27. The number of rotatable bonds is 5. The van der Waals surface area contributed by atoms with Gasteiger partial charge in [-0.3, -0.25) is 4.79 Å². The monoisotopic (exact) mass is 323 g/mol. The summed E-state index contributed by atoms with van der Waals surface area (Å²) >= 11 is 3.37. The number of nitrogens with one attached hydrogen (secondary N) is 1. The third-order valence-corrected chi connectivity index (χ3v) is 3.09. The van der Waals surface area contributed by atoms with E-state index in [0.29, 0.717) is 24.4 Å². The Morgan fingerprint density at radius 1 is 1.53 bits per heavy atom. The number of hydrogen-bond acceptors (Lipinski definition) is 3. The van der Waals surface area contributed by atoms with E-state index in [4.69, 9.17) is 4.74 Å². The van der Waals surface area contributed by atoms with Crippen LogP contribution in [0.4, 0.5) is 5.69 Å². The number of ether oxygens (including phenoxy) is 1. The molecule has 100 valence electrons. The van der Waals surface area contributed by atoms with Crippen LogP contribution in [0.15, 0.2) is 41.4 Å². The van der Waals surface area contributed by atoms with E-state index in [1.807, 2.05) is 22.9 Å².